The van der Waals surface area contributed by atoms with Crippen LogP contribution in [-0.4, -0.2) is 27.5 Å². The molecule has 1 amide bonds. The van der Waals surface area contributed by atoms with E-state index < -0.39 is 0 Å². The number of esters is 1. The van der Waals surface area contributed by atoms with E-state index in [-0.39, 0.29) is 23.9 Å². The standard InChI is InChI=1S/C16H16N2O4S/c1-11(19)21-9-13-4-5-14(22-13)16-18(15(20)10-23-16)8-12-3-2-6-17-7-12/h2-7,16H,8-10H2,1H3. The zero-order chi connectivity index (χ0) is 16.2. The number of hydrogen-bond donors (Lipinski definition) is 0. The van der Waals surface area contributed by atoms with E-state index in [2.05, 4.69) is 4.98 Å². The first-order valence-electron chi connectivity index (χ1n) is 7.15. The summed E-state index contributed by atoms with van der Waals surface area (Å²) in [5.74, 6) is 1.39. The normalized spacial score (nSPS) is 17.5. The molecule has 2 aromatic rings. The van der Waals surface area contributed by atoms with E-state index >= 15 is 0 Å². The Labute approximate surface area is 137 Å². The SMILES string of the molecule is CC(=O)OCc1ccc(C2SCC(=O)N2Cc2cccnc2)o1. The fraction of sp³-hybridized carbons (Fsp3) is 0.312. The highest BCUT2D eigenvalue weighted by molar-refractivity contribution is 8.00. The molecule has 7 heteroatoms. The van der Waals surface area contributed by atoms with Crippen molar-refractivity contribution in [2.45, 2.75) is 25.4 Å². The van der Waals surface area contributed by atoms with Gasteiger partial charge in [-0.1, -0.05) is 6.07 Å². The second kappa shape index (κ2) is 6.87. The van der Waals surface area contributed by atoms with Crippen molar-refractivity contribution in [3.05, 3.63) is 53.7 Å². The lowest BCUT2D eigenvalue weighted by Gasteiger charge is -2.22. The first kappa shape index (κ1) is 15.6. The molecule has 0 N–H and O–H groups in total. The summed E-state index contributed by atoms with van der Waals surface area (Å²) >= 11 is 1.52. The summed E-state index contributed by atoms with van der Waals surface area (Å²) in [6.45, 7) is 1.94. The predicted octanol–water partition coefficient (Wildman–Crippen LogP) is 2.51. The maximum atomic E-state index is 12.2. The summed E-state index contributed by atoms with van der Waals surface area (Å²) in [4.78, 5) is 28.9. The van der Waals surface area contributed by atoms with Crippen LogP contribution in [0.15, 0.2) is 41.1 Å². The summed E-state index contributed by atoms with van der Waals surface area (Å²) in [5, 5.41) is -0.172. The van der Waals surface area contributed by atoms with Crippen LogP contribution in [0.5, 0.6) is 0 Å². The Morgan fingerprint density at radius 3 is 3.09 bits per heavy atom. The molecular weight excluding hydrogens is 316 g/mol. The third-order valence-electron chi connectivity index (χ3n) is 3.39. The lowest BCUT2D eigenvalue weighted by molar-refractivity contribution is -0.142. The van der Waals surface area contributed by atoms with Gasteiger partial charge in [-0.3, -0.25) is 14.6 Å². The minimum atomic E-state index is -0.355. The topological polar surface area (TPSA) is 72.6 Å². The number of ether oxygens (including phenoxy) is 1. The van der Waals surface area contributed by atoms with Gasteiger partial charge in [0.25, 0.3) is 0 Å². The minimum Gasteiger partial charge on any atom is -0.459 e. The van der Waals surface area contributed by atoms with E-state index in [0.717, 1.165) is 5.56 Å². The number of carbonyl (C=O) groups is 2. The maximum Gasteiger partial charge on any atom is 0.303 e. The molecule has 23 heavy (non-hydrogen) atoms. The number of aromatic nitrogens is 1. The van der Waals surface area contributed by atoms with Gasteiger partial charge >= 0.3 is 5.97 Å². The van der Waals surface area contributed by atoms with E-state index in [1.54, 1.807) is 23.4 Å². The third-order valence-corrected chi connectivity index (χ3v) is 4.60. The van der Waals surface area contributed by atoms with Gasteiger partial charge in [0.05, 0.1) is 5.75 Å². The average Bonchev–Trinajstić information content (AvgIpc) is 3.14. The lowest BCUT2D eigenvalue weighted by Crippen LogP contribution is -2.27. The van der Waals surface area contributed by atoms with Gasteiger partial charge in [-0.05, 0) is 23.8 Å². The summed E-state index contributed by atoms with van der Waals surface area (Å²) < 4.78 is 10.6. The van der Waals surface area contributed by atoms with Crippen molar-refractivity contribution >= 4 is 23.6 Å². The number of carbonyl (C=O) groups excluding carboxylic acids is 2. The highest BCUT2D eigenvalue weighted by Gasteiger charge is 2.34. The van der Waals surface area contributed by atoms with Crippen LogP contribution in [-0.2, 0) is 27.5 Å². The van der Waals surface area contributed by atoms with Crippen molar-refractivity contribution in [1.82, 2.24) is 9.88 Å². The molecule has 0 saturated carbocycles. The van der Waals surface area contributed by atoms with Crippen LogP contribution >= 0.6 is 11.8 Å². The molecule has 1 atom stereocenters. The largest absolute Gasteiger partial charge is 0.459 e. The Morgan fingerprint density at radius 1 is 1.48 bits per heavy atom. The van der Waals surface area contributed by atoms with Gasteiger partial charge in [-0.15, -0.1) is 11.8 Å². The van der Waals surface area contributed by atoms with Crippen molar-refractivity contribution in [2.75, 3.05) is 5.75 Å². The molecule has 0 bridgehead atoms. The van der Waals surface area contributed by atoms with Crippen molar-refractivity contribution in [3.63, 3.8) is 0 Å². The molecule has 2 aromatic heterocycles. The van der Waals surface area contributed by atoms with Gasteiger partial charge in [0, 0.05) is 25.9 Å². The van der Waals surface area contributed by atoms with E-state index in [1.807, 2.05) is 18.2 Å². The lowest BCUT2D eigenvalue weighted by atomic mass is 10.2. The molecule has 0 radical (unpaired) electrons. The van der Waals surface area contributed by atoms with Crippen molar-refractivity contribution in [1.29, 1.82) is 0 Å². The predicted molar refractivity (Wildman–Crippen MR) is 84.2 cm³/mol. The molecular formula is C16H16N2O4S. The molecule has 1 aliphatic rings. The van der Waals surface area contributed by atoms with Gasteiger partial charge in [0.1, 0.15) is 23.5 Å². The Kier molecular flexibility index (Phi) is 4.66. The second-order valence-electron chi connectivity index (χ2n) is 5.13. The van der Waals surface area contributed by atoms with Crippen LogP contribution < -0.4 is 0 Å². The zero-order valence-corrected chi connectivity index (χ0v) is 13.4. The van der Waals surface area contributed by atoms with Crippen LogP contribution in [0.2, 0.25) is 0 Å². The van der Waals surface area contributed by atoms with E-state index in [0.29, 0.717) is 23.8 Å². The molecule has 1 unspecified atom stereocenters. The second-order valence-corrected chi connectivity index (χ2v) is 6.20. The van der Waals surface area contributed by atoms with Crippen molar-refractivity contribution < 1.29 is 18.7 Å². The molecule has 0 spiro atoms. The minimum absolute atomic E-state index is 0.0711. The fourth-order valence-corrected chi connectivity index (χ4v) is 3.46. The van der Waals surface area contributed by atoms with Gasteiger partial charge < -0.3 is 14.1 Å². The third kappa shape index (κ3) is 3.73. The number of amides is 1. The van der Waals surface area contributed by atoms with Crippen LogP contribution in [0, 0.1) is 0 Å². The number of nitrogens with zero attached hydrogens (tertiary/aromatic N) is 2. The smallest absolute Gasteiger partial charge is 0.303 e. The molecule has 1 saturated heterocycles. The molecule has 120 valence electrons. The number of thioether (sulfide) groups is 1. The Morgan fingerprint density at radius 2 is 2.35 bits per heavy atom. The first-order valence-corrected chi connectivity index (χ1v) is 8.20. The zero-order valence-electron chi connectivity index (χ0n) is 12.6. The van der Waals surface area contributed by atoms with E-state index in [1.165, 1.54) is 18.7 Å². The van der Waals surface area contributed by atoms with Crippen molar-refractivity contribution in [2.24, 2.45) is 0 Å². The van der Waals surface area contributed by atoms with Crippen molar-refractivity contribution in [3.8, 4) is 0 Å². The Bertz CT molecular complexity index is 701. The summed E-state index contributed by atoms with van der Waals surface area (Å²) in [7, 11) is 0. The van der Waals surface area contributed by atoms with Gasteiger partial charge in [-0.25, -0.2) is 0 Å². The molecule has 0 aromatic carbocycles. The molecule has 3 heterocycles. The molecule has 0 aliphatic carbocycles. The number of furan rings is 1. The Hall–Kier alpha value is -2.28. The highest BCUT2D eigenvalue weighted by atomic mass is 32.2. The quantitative estimate of drug-likeness (QED) is 0.783. The van der Waals surface area contributed by atoms with Crippen LogP contribution in [0.4, 0.5) is 0 Å². The summed E-state index contributed by atoms with van der Waals surface area (Å²) in [6.07, 6.45) is 3.46. The molecule has 1 fully saturated rings. The monoisotopic (exact) mass is 332 g/mol. The molecule has 3 rings (SSSR count). The van der Waals surface area contributed by atoms with Crippen LogP contribution in [0.3, 0.4) is 0 Å². The molecule has 1 aliphatic heterocycles. The number of rotatable bonds is 5. The van der Waals surface area contributed by atoms with Gasteiger partial charge in [0.2, 0.25) is 5.91 Å². The summed E-state index contributed by atoms with van der Waals surface area (Å²) in [6, 6.07) is 7.38. The number of pyridine rings is 1. The van der Waals surface area contributed by atoms with Gasteiger partial charge in [-0.2, -0.15) is 0 Å². The van der Waals surface area contributed by atoms with Crippen LogP contribution in [0.1, 0.15) is 29.4 Å². The summed E-state index contributed by atoms with van der Waals surface area (Å²) in [5.41, 5.74) is 0.972. The van der Waals surface area contributed by atoms with Gasteiger partial charge in [0.15, 0.2) is 0 Å². The first-order chi connectivity index (χ1) is 11.1. The maximum absolute atomic E-state index is 12.2. The highest BCUT2D eigenvalue weighted by Crippen LogP contribution is 2.40. The molecule has 6 nitrogen and oxygen atoms in total. The average molecular weight is 332 g/mol. The van der Waals surface area contributed by atoms with E-state index in [9.17, 15) is 9.59 Å². The Balaban J connectivity index is 1.73. The van der Waals surface area contributed by atoms with Crippen LogP contribution in [0.25, 0.3) is 0 Å². The van der Waals surface area contributed by atoms with E-state index in [4.69, 9.17) is 9.15 Å². The number of hydrogen-bond acceptors (Lipinski definition) is 6. The fourth-order valence-electron chi connectivity index (χ4n) is 2.33.